The molecule has 0 fully saturated rings. The largest absolute Gasteiger partial charge is 0.493 e. The van der Waals surface area contributed by atoms with Gasteiger partial charge in [-0.1, -0.05) is 0 Å². The van der Waals surface area contributed by atoms with Crippen molar-refractivity contribution >= 4 is 28.7 Å². The van der Waals surface area contributed by atoms with Crippen LogP contribution in [0.15, 0.2) is 42.5 Å². The fourth-order valence-corrected chi connectivity index (χ4v) is 2.16. The van der Waals surface area contributed by atoms with Crippen LogP contribution >= 0.6 is 12.2 Å². The van der Waals surface area contributed by atoms with E-state index in [-0.39, 0.29) is 5.75 Å². The molecular formula is C16H16F2N2O3S. The lowest BCUT2D eigenvalue weighted by molar-refractivity contribution is -0.0498. The number of alkyl halides is 2. The number of hydrogen-bond donors (Lipinski definition) is 2. The number of thiocarbonyl (C=S) groups is 1. The molecule has 0 bridgehead atoms. The van der Waals surface area contributed by atoms with Gasteiger partial charge < -0.3 is 24.8 Å². The SMILES string of the molecule is COc1ccc(NC(=S)Nc2ccc(OC(F)F)cc2)cc1OC. The van der Waals surface area contributed by atoms with Gasteiger partial charge in [-0.25, -0.2) is 0 Å². The highest BCUT2D eigenvalue weighted by atomic mass is 32.1. The Morgan fingerprint density at radius 2 is 1.50 bits per heavy atom. The maximum atomic E-state index is 12.1. The fourth-order valence-electron chi connectivity index (χ4n) is 1.93. The molecule has 2 rings (SSSR count). The van der Waals surface area contributed by atoms with Crippen LogP contribution in [0.3, 0.4) is 0 Å². The number of rotatable bonds is 6. The van der Waals surface area contributed by atoms with Crippen molar-refractivity contribution < 1.29 is 23.0 Å². The number of halogens is 2. The molecule has 5 nitrogen and oxygen atoms in total. The number of ether oxygens (including phenoxy) is 3. The second kappa shape index (κ2) is 8.30. The molecule has 8 heteroatoms. The summed E-state index contributed by atoms with van der Waals surface area (Å²) in [6.07, 6.45) is 0. The van der Waals surface area contributed by atoms with E-state index >= 15 is 0 Å². The molecule has 0 radical (unpaired) electrons. The monoisotopic (exact) mass is 354 g/mol. The first-order valence-corrected chi connectivity index (χ1v) is 7.27. The third-order valence-corrected chi connectivity index (χ3v) is 3.18. The lowest BCUT2D eigenvalue weighted by atomic mass is 10.2. The zero-order valence-electron chi connectivity index (χ0n) is 13.0. The average molecular weight is 354 g/mol. The van der Waals surface area contributed by atoms with E-state index in [2.05, 4.69) is 15.4 Å². The lowest BCUT2D eigenvalue weighted by Crippen LogP contribution is -2.19. The minimum atomic E-state index is -2.85. The van der Waals surface area contributed by atoms with Crippen molar-refractivity contribution in [1.29, 1.82) is 0 Å². The van der Waals surface area contributed by atoms with Crippen molar-refractivity contribution in [3.63, 3.8) is 0 Å². The Morgan fingerprint density at radius 1 is 0.917 bits per heavy atom. The number of nitrogens with one attached hydrogen (secondary N) is 2. The van der Waals surface area contributed by atoms with Crippen LogP contribution < -0.4 is 24.8 Å². The van der Waals surface area contributed by atoms with E-state index in [0.29, 0.717) is 28.0 Å². The van der Waals surface area contributed by atoms with Crippen molar-refractivity contribution in [2.45, 2.75) is 6.61 Å². The summed E-state index contributed by atoms with van der Waals surface area (Å²) >= 11 is 5.22. The van der Waals surface area contributed by atoms with Crippen LogP contribution in [0.1, 0.15) is 0 Å². The summed E-state index contributed by atoms with van der Waals surface area (Å²) in [7, 11) is 3.10. The molecule has 0 atom stereocenters. The maximum Gasteiger partial charge on any atom is 0.387 e. The number of benzene rings is 2. The van der Waals surface area contributed by atoms with Crippen LogP contribution in [0.25, 0.3) is 0 Å². The minimum absolute atomic E-state index is 0.0781. The van der Waals surface area contributed by atoms with Gasteiger partial charge in [-0.15, -0.1) is 0 Å². The minimum Gasteiger partial charge on any atom is -0.493 e. The van der Waals surface area contributed by atoms with Crippen LogP contribution in [-0.2, 0) is 0 Å². The van der Waals surface area contributed by atoms with Gasteiger partial charge in [0.15, 0.2) is 16.6 Å². The van der Waals surface area contributed by atoms with Crippen LogP contribution in [-0.4, -0.2) is 25.9 Å². The summed E-state index contributed by atoms with van der Waals surface area (Å²) in [5.74, 6) is 1.25. The first kappa shape index (κ1) is 17.7. The summed E-state index contributed by atoms with van der Waals surface area (Å²) in [5.41, 5.74) is 1.34. The maximum absolute atomic E-state index is 12.1. The predicted octanol–water partition coefficient (Wildman–Crippen LogP) is 4.11. The molecule has 2 aromatic carbocycles. The second-order valence-corrected chi connectivity index (χ2v) is 4.96. The van der Waals surface area contributed by atoms with Gasteiger partial charge in [-0.2, -0.15) is 8.78 Å². The zero-order valence-corrected chi connectivity index (χ0v) is 13.8. The van der Waals surface area contributed by atoms with E-state index in [4.69, 9.17) is 21.7 Å². The van der Waals surface area contributed by atoms with Gasteiger partial charge in [-0.05, 0) is 48.6 Å². The Kier molecular flexibility index (Phi) is 6.14. The van der Waals surface area contributed by atoms with E-state index in [9.17, 15) is 8.78 Å². The van der Waals surface area contributed by atoms with Gasteiger partial charge in [-0.3, -0.25) is 0 Å². The molecule has 128 valence electrons. The van der Waals surface area contributed by atoms with Crippen LogP contribution in [0.4, 0.5) is 20.2 Å². The summed E-state index contributed by atoms with van der Waals surface area (Å²) in [6.45, 7) is -2.85. The first-order chi connectivity index (χ1) is 11.5. The van der Waals surface area contributed by atoms with Gasteiger partial charge in [0.2, 0.25) is 0 Å². The standard InChI is InChI=1S/C16H16F2N2O3S/c1-21-13-8-5-11(9-14(13)22-2)20-16(24)19-10-3-6-12(7-4-10)23-15(17)18/h3-9,15H,1-2H3,(H2,19,20,24). The molecule has 0 aliphatic heterocycles. The smallest absolute Gasteiger partial charge is 0.387 e. The van der Waals surface area contributed by atoms with Crippen molar-refractivity contribution in [2.24, 2.45) is 0 Å². The normalized spacial score (nSPS) is 10.2. The van der Waals surface area contributed by atoms with Crippen molar-refractivity contribution in [1.82, 2.24) is 0 Å². The molecule has 2 aromatic rings. The Bertz CT molecular complexity index is 696. The predicted molar refractivity (Wildman–Crippen MR) is 92.5 cm³/mol. The topological polar surface area (TPSA) is 51.8 Å². The third kappa shape index (κ3) is 4.95. The quantitative estimate of drug-likeness (QED) is 0.762. The molecule has 0 saturated carbocycles. The Morgan fingerprint density at radius 3 is 2.08 bits per heavy atom. The van der Waals surface area contributed by atoms with E-state index in [1.165, 1.54) is 12.1 Å². The van der Waals surface area contributed by atoms with E-state index in [0.717, 1.165) is 0 Å². The summed E-state index contributed by atoms with van der Waals surface area (Å²) in [5, 5.41) is 6.28. The van der Waals surface area contributed by atoms with Crippen LogP contribution in [0.5, 0.6) is 17.2 Å². The highest BCUT2D eigenvalue weighted by Gasteiger charge is 2.07. The molecule has 0 aliphatic rings. The Balaban J connectivity index is 1.98. The highest BCUT2D eigenvalue weighted by Crippen LogP contribution is 2.29. The Labute approximate surface area is 143 Å². The third-order valence-electron chi connectivity index (χ3n) is 2.98. The molecular weight excluding hydrogens is 338 g/mol. The molecule has 0 spiro atoms. The number of hydrogen-bond acceptors (Lipinski definition) is 4. The van der Waals surface area contributed by atoms with Crippen LogP contribution in [0, 0.1) is 0 Å². The highest BCUT2D eigenvalue weighted by molar-refractivity contribution is 7.80. The number of anilines is 2. The van der Waals surface area contributed by atoms with Gasteiger partial charge in [0.25, 0.3) is 0 Å². The van der Waals surface area contributed by atoms with E-state index < -0.39 is 6.61 Å². The van der Waals surface area contributed by atoms with Crippen molar-refractivity contribution in [3.05, 3.63) is 42.5 Å². The summed E-state index contributed by atoms with van der Waals surface area (Å²) < 4.78 is 38.9. The molecule has 0 amide bonds. The number of methoxy groups -OCH3 is 2. The van der Waals surface area contributed by atoms with Gasteiger partial charge in [0.05, 0.1) is 14.2 Å². The first-order valence-electron chi connectivity index (χ1n) is 6.86. The van der Waals surface area contributed by atoms with Gasteiger partial charge in [0, 0.05) is 17.4 Å². The molecule has 0 aromatic heterocycles. The van der Waals surface area contributed by atoms with Crippen molar-refractivity contribution in [3.8, 4) is 17.2 Å². The Hall–Kier alpha value is -2.61. The van der Waals surface area contributed by atoms with E-state index in [1.54, 1.807) is 44.6 Å². The molecule has 0 unspecified atom stereocenters. The molecule has 2 N–H and O–H groups in total. The molecule has 0 heterocycles. The van der Waals surface area contributed by atoms with Crippen LogP contribution in [0.2, 0.25) is 0 Å². The fraction of sp³-hybridized carbons (Fsp3) is 0.188. The second-order valence-electron chi connectivity index (χ2n) is 4.55. The molecule has 0 saturated heterocycles. The average Bonchev–Trinajstić information content (AvgIpc) is 2.56. The molecule has 0 aliphatic carbocycles. The van der Waals surface area contributed by atoms with E-state index in [1.807, 2.05) is 0 Å². The zero-order chi connectivity index (χ0) is 17.5. The summed E-state index contributed by atoms with van der Waals surface area (Å²) in [6, 6.07) is 11.3. The molecule has 24 heavy (non-hydrogen) atoms. The summed E-state index contributed by atoms with van der Waals surface area (Å²) in [4.78, 5) is 0. The lowest BCUT2D eigenvalue weighted by Gasteiger charge is -2.13. The van der Waals surface area contributed by atoms with Gasteiger partial charge in [0.1, 0.15) is 5.75 Å². The van der Waals surface area contributed by atoms with Gasteiger partial charge >= 0.3 is 6.61 Å². The van der Waals surface area contributed by atoms with Crippen molar-refractivity contribution in [2.75, 3.05) is 24.9 Å².